The van der Waals surface area contributed by atoms with Crippen molar-refractivity contribution in [3.63, 3.8) is 0 Å². The zero-order chi connectivity index (χ0) is 13.0. The van der Waals surface area contributed by atoms with Crippen molar-refractivity contribution < 1.29 is 9.53 Å². The summed E-state index contributed by atoms with van der Waals surface area (Å²) in [7, 11) is 1.78. The third-order valence-electron chi connectivity index (χ3n) is 3.20. The van der Waals surface area contributed by atoms with Gasteiger partial charge in [0.25, 0.3) is 5.91 Å². The van der Waals surface area contributed by atoms with Gasteiger partial charge in [0, 0.05) is 32.0 Å². The average Bonchev–Trinajstić information content (AvgIpc) is 2.83. The number of amides is 1. The van der Waals surface area contributed by atoms with Crippen molar-refractivity contribution in [3.8, 4) is 0 Å². The summed E-state index contributed by atoms with van der Waals surface area (Å²) >= 11 is 0. The molecule has 2 heterocycles. The Kier molecular flexibility index (Phi) is 3.81. The maximum absolute atomic E-state index is 12.0. The number of hydrogen-bond donors (Lipinski definition) is 2. The van der Waals surface area contributed by atoms with Crippen molar-refractivity contribution in [2.75, 3.05) is 25.5 Å². The van der Waals surface area contributed by atoms with Gasteiger partial charge < -0.3 is 15.4 Å². The summed E-state index contributed by atoms with van der Waals surface area (Å²) in [6.45, 7) is 3.36. The molecule has 1 saturated heterocycles. The van der Waals surface area contributed by atoms with E-state index in [0.29, 0.717) is 17.9 Å². The summed E-state index contributed by atoms with van der Waals surface area (Å²) in [5, 5.41) is 5.82. The summed E-state index contributed by atoms with van der Waals surface area (Å²) in [6, 6.07) is 3.43. The van der Waals surface area contributed by atoms with Crippen LogP contribution in [0.15, 0.2) is 18.3 Å². The molecule has 1 fully saturated rings. The lowest BCUT2D eigenvalue weighted by molar-refractivity contribution is 0.0206. The van der Waals surface area contributed by atoms with Crippen LogP contribution in [-0.4, -0.2) is 36.7 Å². The van der Waals surface area contributed by atoms with E-state index < -0.39 is 0 Å². The van der Waals surface area contributed by atoms with Gasteiger partial charge in [-0.25, -0.2) is 4.98 Å². The molecule has 0 bridgehead atoms. The Hall–Kier alpha value is -1.62. The molecule has 5 nitrogen and oxygen atoms in total. The Morgan fingerprint density at radius 2 is 2.44 bits per heavy atom. The molecule has 1 atom stereocenters. The highest BCUT2D eigenvalue weighted by atomic mass is 16.5. The second-order valence-electron chi connectivity index (χ2n) is 4.76. The van der Waals surface area contributed by atoms with E-state index in [0.717, 1.165) is 19.4 Å². The number of anilines is 1. The lowest BCUT2D eigenvalue weighted by Crippen LogP contribution is -2.40. The molecule has 5 heteroatoms. The number of nitrogens with zero attached hydrogens (tertiary/aromatic N) is 1. The number of aromatic nitrogens is 1. The maximum atomic E-state index is 12.0. The van der Waals surface area contributed by atoms with Crippen LogP contribution < -0.4 is 10.6 Å². The Morgan fingerprint density at radius 3 is 3.11 bits per heavy atom. The number of hydrogen-bond acceptors (Lipinski definition) is 4. The van der Waals surface area contributed by atoms with Gasteiger partial charge in [-0.05, 0) is 31.9 Å². The highest BCUT2D eigenvalue weighted by molar-refractivity contribution is 5.94. The van der Waals surface area contributed by atoms with Crippen LogP contribution in [0.1, 0.15) is 30.1 Å². The van der Waals surface area contributed by atoms with E-state index in [1.54, 1.807) is 25.4 Å². The minimum atomic E-state index is -0.214. The molecule has 2 rings (SSSR count). The molecule has 1 amide bonds. The van der Waals surface area contributed by atoms with Crippen molar-refractivity contribution in [3.05, 3.63) is 23.9 Å². The molecule has 98 valence electrons. The normalized spacial score (nSPS) is 22.8. The second-order valence-corrected chi connectivity index (χ2v) is 4.76. The van der Waals surface area contributed by atoms with Gasteiger partial charge in [-0.1, -0.05) is 0 Å². The molecule has 0 saturated carbocycles. The molecule has 0 radical (unpaired) electrons. The van der Waals surface area contributed by atoms with Gasteiger partial charge in [-0.2, -0.15) is 0 Å². The first-order valence-corrected chi connectivity index (χ1v) is 6.19. The van der Waals surface area contributed by atoms with E-state index in [4.69, 9.17) is 4.74 Å². The van der Waals surface area contributed by atoms with Gasteiger partial charge in [-0.15, -0.1) is 0 Å². The second kappa shape index (κ2) is 5.35. The fraction of sp³-hybridized carbons (Fsp3) is 0.538. The zero-order valence-electron chi connectivity index (χ0n) is 10.8. The zero-order valence-corrected chi connectivity index (χ0v) is 10.8. The van der Waals surface area contributed by atoms with E-state index in [1.807, 2.05) is 6.92 Å². The summed E-state index contributed by atoms with van der Waals surface area (Å²) in [4.78, 5) is 16.1. The molecule has 1 aromatic heterocycles. The molecule has 0 aliphatic carbocycles. The van der Waals surface area contributed by atoms with Crippen LogP contribution in [0.3, 0.4) is 0 Å². The van der Waals surface area contributed by atoms with E-state index >= 15 is 0 Å². The molecule has 1 unspecified atom stereocenters. The van der Waals surface area contributed by atoms with E-state index in [9.17, 15) is 4.79 Å². The largest absolute Gasteiger partial charge is 0.373 e. The number of carbonyl (C=O) groups excluding carboxylic acids is 1. The SMILES string of the molecule is CNc1cc(C(=O)NCC2(C)CCCO2)ccn1. The average molecular weight is 249 g/mol. The summed E-state index contributed by atoms with van der Waals surface area (Å²) < 4.78 is 5.63. The number of carbonyl (C=O) groups is 1. The molecular formula is C13H19N3O2. The number of nitrogens with one attached hydrogen (secondary N) is 2. The quantitative estimate of drug-likeness (QED) is 0.847. The smallest absolute Gasteiger partial charge is 0.251 e. The molecule has 0 spiro atoms. The standard InChI is InChI=1S/C13H19N3O2/c1-13(5-3-7-18-13)9-16-12(17)10-4-6-15-11(8-10)14-2/h4,6,8H,3,5,7,9H2,1-2H3,(H,14,15)(H,16,17). The number of ether oxygens (including phenoxy) is 1. The molecule has 0 aromatic carbocycles. The van der Waals surface area contributed by atoms with Crippen LogP contribution in [-0.2, 0) is 4.74 Å². The van der Waals surface area contributed by atoms with E-state index in [-0.39, 0.29) is 11.5 Å². The Balaban J connectivity index is 1.94. The first kappa shape index (κ1) is 12.8. The number of rotatable bonds is 4. The summed E-state index contributed by atoms with van der Waals surface area (Å²) in [6.07, 6.45) is 3.67. The van der Waals surface area contributed by atoms with Crippen molar-refractivity contribution in [1.82, 2.24) is 10.3 Å². The van der Waals surface area contributed by atoms with Gasteiger partial charge in [0.05, 0.1) is 5.60 Å². The predicted molar refractivity (Wildman–Crippen MR) is 69.7 cm³/mol. The van der Waals surface area contributed by atoms with Gasteiger partial charge in [-0.3, -0.25) is 4.79 Å². The van der Waals surface area contributed by atoms with Gasteiger partial charge in [0.2, 0.25) is 0 Å². The van der Waals surface area contributed by atoms with Crippen molar-refractivity contribution in [1.29, 1.82) is 0 Å². The van der Waals surface area contributed by atoms with Crippen LogP contribution >= 0.6 is 0 Å². The van der Waals surface area contributed by atoms with Crippen LogP contribution in [0.4, 0.5) is 5.82 Å². The fourth-order valence-corrected chi connectivity index (χ4v) is 2.05. The first-order chi connectivity index (χ1) is 8.63. The number of pyridine rings is 1. The van der Waals surface area contributed by atoms with Crippen molar-refractivity contribution in [2.45, 2.75) is 25.4 Å². The highest BCUT2D eigenvalue weighted by Gasteiger charge is 2.30. The van der Waals surface area contributed by atoms with Crippen molar-refractivity contribution >= 4 is 11.7 Å². The van der Waals surface area contributed by atoms with Crippen LogP contribution in [0, 0.1) is 0 Å². The third-order valence-corrected chi connectivity index (χ3v) is 3.20. The Bertz CT molecular complexity index is 428. The first-order valence-electron chi connectivity index (χ1n) is 6.19. The molecule has 18 heavy (non-hydrogen) atoms. The molecule has 1 aliphatic heterocycles. The van der Waals surface area contributed by atoms with Crippen molar-refractivity contribution in [2.24, 2.45) is 0 Å². The minimum Gasteiger partial charge on any atom is -0.373 e. The maximum Gasteiger partial charge on any atom is 0.251 e. The Morgan fingerprint density at radius 1 is 1.61 bits per heavy atom. The minimum absolute atomic E-state index is 0.0920. The molecule has 1 aromatic rings. The summed E-state index contributed by atoms with van der Waals surface area (Å²) in [5.41, 5.74) is 0.394. The van der Waals surface area contributed by atoms with E-state index in [2.05, 4.69) is 15.6 Å². The van der Waals surface area contributed by atoms with Crippen LogP contribution in [0.25, 0.3) is 0 Å². The van der Waals surface area contributed by atoms with E-state index in [1.165, 1.54) is 0 Å². The topological polar surface area (TPSA) is 63.2 Å². The predicted octanol–water partition coefficient (Wildman–Crippen LogP) is 1.42. The molecule has 1 aliphatic rings. The third kappa shape index (κ3) is 2.98. The van der Waals surface area contributed by atoms with Crippen LogP contribution in [0.5, 0.6) is 0 Å². The molecular weight excluding hydrogens is 230 g/mol. The fourth-order valence-electron chi connectivity index (χ4n) is 2.05. The van der Waals surface area contributed by atoms with Gasteiger partial charge in [0.15, 0.2) is 0 Å². The summed E-state index contributed by atoms with van der Waals surface area (Å²) in [5.74, 6) is 0.594. The lowest BCUT2D eigenvalue weighted by Gasteiger charge is -2.23. The van der Waals surface area contributed by atoms with Gasteiger partial charge >= 0.3 is 0 Å². The molecule has 2 N–H and O–H groups in total. The monoisotopic (exact) mass is 249 g/mol. The Labute approximate surface area is 107 Å². The van der Waals surface area contributed by atoms with Crippen LogP contribution in [0.2, 0.25) is 0 Å². The lowest BCUT2D eigenvalue weighted by atomic mass is 10.0. The highest BCUT2D eigenvalue weighted by Crippen LogP contribution is 2.24. The van der Waals surface area contributed by atoms with Gasteiger partial charge in [0.1, 0.15) is 5.82 Å².